The van der Waals surface area contributed by atoms with Crippen LogP contribution in [0.1, 0.15) is 47.6 Å². The summed E-state index contributed by atoms with van der Waals surface area (Å²) in [5.74, 6) is -0.444. The van der Waals surface area contributed by atoms with Crippen LogP contribution in [0, 0.1) is 5.92 Å². The van der Waals surface area contributed by atoms with Crippen molar-refractivity contribution in [2.45, 2.75) is 45.9 Å². The van der Waals surface area contributed by atoms with Crippen LogP contribution in [0.5, 0.6) is 0 Å². The monoisotopic (exact) mass is 549 g/mol. The lowest BCUT2D eigenvalue weighted by Crippen LogP contribution is -2.40. The van der Waals surface area contributed by atoms with E-state index in [9.17, 15) is 9.59 Å². The number of benzene rings is 3. The van der Waals surface area contributed by atoms with Gasteiger partial charge in [-0.15, -0.1) is 0 Å². The van der Waals surface area contributed by atoms with E-state index in [0.29, 0.717) is 25.3 Å². The number of ether oxygens (including phenoxy) is 2. The molecular formula is C34H35N3O4. The predicted molar refractivity (Wildman–Crippen MR) is 160 cm³/mol. The molecule has 1 atom stereocenters. The third kappa shape index (κ3) is 7.18. The minimum Gasteiger partial charge on any atom is -0.460 e. The Balaban J connectivity index is 1.33. The van der Waals surface area contributed by atoms with Crippen LogP contribution in [0.15, 0.2) is 91.0 Å². The average molecular weight is 550 g/mol. The average Bonchev–Trinajstić information content (AvgIpc) is 3.38. The van der Waals surface area contributed by atoms with Gasteiger partial charge >= 0.3 is 11.9 Å². The van der Waals surface area contributed by atoms with Crippen molar-refractivity contribution in [2.24, 2.45) is 5.92 Å². The van der Waals surface area contributed by atoms with Gasteiger partial charge in [-0.25, -0.2) is 9.78 Å². The highest BCUT2D eigenvalue weighted by atomic mass is 16.5. The molecule has 0 bridgehead atoms. The summed E-state index contributed by atoms with van der Waals surface area (Å²) in [6, 6.07) is 28.6. The highest BCUT2D eigenvalue weighted by Gasteiger charge is 2.22. The summed E-state index contributed by atoms with van der Waals surface area (Å²) in [7, 11) is 0. The summed E-state index contributed by atoms with van der Waals surface area (Å²) in [6.45, 7) is 5.06. The number of hydrogen-bond donors (Lipinski definition) is 2. The van der Waals surface area contributed by atoms with E-state index >= 15 is 0 Å². The molecule has 0 aliphatic heterocycles. The number of nitrogens with one attached hydrogen (secondary N) is 2. The van der Waals surface area contributed by atoms with Crippen molar-refractivity contribution >= 4 is 33.7 Å². The number of H-pyrrole nitrogens is 1. The molecule has 0 spiro atoms. The van der Waals surface area contributed by atoms with Crippen molar-refractivity contribution in [2.75, 3.05) is 6.54 Å². The lowest BCUT2D eigenvalue weighted by atomic mass is 10.0. The van der Waals surface area contributed by atoms with Gasteiger partial charge in [-0.1, -0.05) is 92.7 Å². The summed E-state index contributed by atoms with van der Waals surface area (Å²) in [6.07, 6.45) is 1.15. The quantitative estimate of drug-likeness (QED) is 0.176. The Morgan fingerprint density at radius 2 is 1.46 bits per heavy atom. The zero-order valence-corrected chi connectivity index (χ0v) is 23.4. The van der Waals surface area contributed by atoms with E-state index in [-0.39, 0.29) is 24.9 Å². The highest BCUT2D eigenvalue weighted by molar-refractivity contribution is 6.09. The normalized spacial score (nSPS) is 12.1. The van der Waals surface area contributed by atoms with Crippen molar-refractivity contribution in [3.63, 3.8) is 0 Å². The maximum absolute atomic E-state index is 13.1. The summed E-state index contributed by atoms with van der Waals surface area (Å²) in [5.41, 5.74) is 4.70. The molecule has 5 aromatic rings. The molecule has 5 rings (SSSR count). The van der Waals surface area contributed by atoms with Gasteiger partial charge in [0.15, 0.2) is 0 Å². The molecule has 0 unspecified atom stereocenters. The van der Waals surface area contributed by atoms with Gasteiger partial charge in [0.2, 0.25) is 0 Å². The van der Waals surface area contributed by atoms with E-state index in [2.05, 4.69) is 24.1 Å². The predicted octanol–water partition coefficient (Wildman–Crippen LogP) is 6.36. The second-order valence-electron chi connectivity index (χ2n) is 10.6. The number of aromatic amines is 1. The molecular weight excluding hydrogens is 514 g/mol. The second-order valence-corrected chi connectivity index (χ2v) is 10.6. The fourth-order valence-corrected chi connectivity index (χ4v) is 4.92. The van der Waals surface area contributed by atoms with Crippen LogP contribution in [0.3, 0.4) is 0 Å². The lowest BCUT2D eigenvalue weighted by molar-refractivity contribution is -0.148. The summed E-state index contributed by atoms with van der Waals surface area (Å²) < 4.78 is 11.2. The maximum atomic E-state index is 13.1. The Labute approximate surface area is 239 Å². The number of esters is 2. The SMILES string of the molecule is CC(C)C[C@H](NCCc1nc(C(=O)OCc2ccccc2)cc2c1[nH]c1ccccc12)C(=O)OCc1ccccc1. The van der Waals surface area contributed by atoms with E-state index in [0.717, 1.165) is 38.6 Å². The standard InChI is InChI=1S/C34H35N3O4/c1-23(2)19-30(33(38)40-21-24-11-5-3-6-12-24)35-18-17-29-32-27(26-15-9-10-16-28(26)37-32)20-31(36-29)34(39)41-22-25-13-7-4-8-14-25/h3-16,20,23,30,35,37H,17-19,21-22H2,1-2H3/t30-/m0/s1. The van der Waals surface area contributed by atoms with Gasteiger partial charge in [-0.05, 0) is 35.6 Å². The molecule has 0 fully saturated rings. The summed E-state index contributed by atoms with van der Waals surface area (Å²) >= 11 is 0. The third-order valence-corrected chi connectivity index (χ3v) is 6.96. The van der Waals surface area contributed by atoms with Crippen molar-refractivity contribution in [3.8, 4) is 0 Å². The zero-order valence-electron chi connectivity index (χ0n) is 23.4. The maximum Gasteiger partial charge on any atom is 0.357 e. The molecule has 2 aromatic heterocycles. The van der Waals surface area contributed by atoms with E-state index < -0.39 is 12.0 Å². The number of carbonyl (C=O) groups is 2. The van der Waals surface area contributed by atoms with Gasteiger partial charge in [0.1, 0.15) is 24.9 Å². The Kier molecular flexibility index (Phi) is 9.06. The number of pyridine rings is 1. The minimum atomic E-state index is -0.475. The fourth-order valence-electron chi connectivity index (χ4n) is 4.92. The Morgan fingerprint density at radius 3 is 2.15 bits per heavy atom. The van der Waals surface area contributed by atoms with Gasteiger partial charge in [0.25, 0.3) is 0 Å². The van der Waals surface area contributed by atoms with Gasteiger partial charge in [0.05, 0.1) is 11.2 Å². The molecule has 0 saturated heterocycles. The van der Waals surface area contributed by atoms with Crippen LogP contribution in [-0.2, 0) is 33.9 Å². The molecule has 7 heteroatoms. The Bertz CT molecular complexity index is 1610. The Hall–Kier alpha value is -4.49. The van der Waals surface area contributed by atoms with Crippen LogP contribution in [0.2, 0.25) is 0 Å². The highest BCUT2D eigenvalue weighted by Crippen LogP contribution is 2.28. The molecule has 7 nitrogen and oxygen atoms in total. The molecule has 2 heterocycles. The lowest BCUT2D eigenvalue weighted by Gasteiger charge is -2.19. The van der Waals surface area contributed by atoms with Crippen LogP contribution >= 0.6 is 0 Å². The molecule has 41 heavy (non-hydrogen) atoms. The molecule has 210 valence electrons. The first-order valence-corrected chi connectivity index (χ1v) is 14.0. The molecule has 0 saturated carbocycles. The van der Waals surface area contributed by atoms with Crippen molar-refractivity contribution < 1.29 is 19.1 Å². The van der Waals surface area contributed by atoms with Gasteiger partial charge in [-0.2, -0.15) is 0 Å². The van der Waals surface area contributed by atoms with Crippen LogP contribution in [0.25, 0.3) is 21.8 Å². The fraction of sp³-hybridized carbons (Fsp3) is 0.265. The molecule has 0 aliphatic carbocycles. The topological polar surface area (TPSA) is 93.3 Å². The molecule has 0 amide bonds. The van der Waals surface area contributed by atoms with Crippen LogP contribution < -0.4 is 5.32 Å². The Morgan fingerprint density at radius 1 is 0.829 bits per heavy atom. The number of carbonyl (C=O) groups excluding carboxylic acids is 2. The van der Waals surface area contributed by atoms with E-state index in [1.54, 1.807) is 6.07 Å². The first-order chi connectivity index (χ1) is 20.0. The second kappa shape index (κ2) is 13.2. The molecule has 2 N–H and O–H groups in total. The van der Waals surface area contributed by atoms with Crippen molar-refractivity contribution in [3.05, 3.63) is 114 Å². The van der Waals surface area contributed by atoms with E-state index in [4.69, 9.17) is 14.5 Å². The summed E-state index contributed by atoms with van der Waals surface area (Å²) in [5, 5.41) is 5.31. The summed E-state index contributed by atoms with van der Waals surface area (Å²) in [4.78, 5) is 34.3. The van der Waals surface area contributed by atoms with E-state index in [1.807, 2.05) is 84.9 Å². The zero-order chi connectivity index (χ0) is 28.6. The largest absolute Gasteiger partial charge is 0.460 e. The molecule has 3 aromatic carbocycles. The van der Waals surface area contributed by atoms with Gasteiger partial charge in [-0.3, -0.25) is 4.79 Å². The molecule has 0 radical (unpaired) electrons. The number of rotatable bonds is 12. The van der Waals surface area contributed by atoms with Crippen LogP contribution in [0.4, 0.5) is 0 Å². The number of aromatic nitrogens is 2. The number of hydrogen-bond acceptors (Lipinski definition) is 6. The van der Waals surface area contributed by atoms with Crippen LogP contribution in [-0.4, -0.2) is 34.5 Å². The smallest absolute Gasteiger partial charge is 0.357 e. The minimum absolute atomic E-state index is 0.173. The van der Waals surface area contributed by atoms with E-state index in [1.165, 1.54) is 0 Å². The first kappa shape index (κ1) is 28.1. The number of para-hydroxylation sites is 1. The number of nitrogens with zero attached hydrogens (tertiary/aromatic N) is 1. The third-order valence-electron chi connectivity index (χ3n) is 6.96. The van der Waals surface area contributed by atoms with Crippen molar-refractivity contribution in [1.82, 2.24) is 15.3 Å². The first-order valence-electron chi connectivity index (χ1n) is 14.0. The van der Waals surface area contributed by atoms with Gasteiger partial charge < -0.3 is 19.8 Å². The van der Waals surface area contributed by atoms with Gasteiger partial charge in [0, 0.05) is 29.3 Å². The molecule has 0 aliphatic rings. The number of fused-ring (bicyclic) bond motifs is 3. The van der Waals surface area contributed by atoms with Crippen molar-refractivity contribution in [1.29, 1.82) is 0 Å².